The molecule has 0 saturated carbocycles. The molecule has 4 rings (SSSR count). The third kappa shape index (κ3) is 3.79. The Bertz CT molecular complexity index is 900. The summed E-state index contributed by atoms with van der Waals surface area (Å²) in [7, 11) is -1.92. The van der Waals surface area contributed by atoms with Gasteiger partial charge >= 0.3 is 0 Å². The van der Waals surface area contributed by atoms with E-state index in [1.54, 1.807) is 23.5 Å². The molecule has 8 heteroatoms. The molecule has 1 unspecified atom stereocenters. The van der Waals surface area contributed by atoms with Crippen molar-refractivity contribution in [3.63, 3.8) is 0 Å². The van der Waals surface area contributed by atoms with Crippen molar-refractivity contribution in [3.8, 4) is 5.75 Å². The standard InChI is InChI=1S/C19H25N3O3S.ClH/c1-25-18-6-7-19(17-5-3-2-4-16(17)18)26(23,24)22-11-8-15(14-22)21-12-9-20-10-13-21;/h2-7,15,20H,8-14H2,1H3;1H. The number of benzene rings is 2. The Hall–Kier alpha value is -1.38. The summed E-state index contributed by atoms with van der Waals surface area (Å²) in [5.41, 5.74) is 0. The fourth-order valence-electron chi connectivity index (χ4n) is 4.06. The van der Waals surface area contributed by atoms with Crippen molar-refractivity contribution in [2.24, 2.45) is 0 Å². The fraction of sp³-hybridized carbons (Fsp3) is 0.474. The number of halogens is 1. The van der Waals surface area contributed by atoms with Crippen LogP contribution >= 0.6 is 12.4 Å². The lowest BCUT2D eigenvalue weighted by molar-refractivity contribution is 0.179. The molecule has 27 heavy (non-hydrogen) atoms. The van der Waals surface area contributed by atoms with Gasteiger partial charge in [0.1, 0.15) is 5.75 Å². The van der Waals surface area contributed by atoms with Crippen LogP contribution in [-0.4, -0.2) is 70.0 Å². The van der Waals surface area contributed by atoms with E-state index in [2.05, 4.69) is 10.2 Å². The van der Waals surface area contributed by atoms with Crippen molar-refractivity contribution in [1.29, 1.82) is 0 Å². The van der Waals surface area contributed by atoms with Gasteiger partial charge in [-0.1, -0.05) is 24.3 Å². The Kier molecular flexibility index (Phi) is 6.28. The van der Waals surface area contributed by atoms with Crippen LogP contribution < -0.4 is 10.1 Å². The third-order valence-corrected chi connectivity index (χ3v) is 7.40. The quantitative estimate of drug-likeness (QED) is 0.833. The maximum absolute atomic E-state index is 13.3. The summed E-state index contributed by atoms with van der Waals surface area (Å²) >= 11 is 0. The third-order valence-electron chi connectivity index (χ3n) is 5.48. The second-order valence-electron chi connectivity index (χ2n) is 6.90. The Labute approximate surface area is 166 Å². The molecule has 1 N–H and O–H groups in total. The van der Waals surface area contributed by atoms with Gasteiger partial charge in [0.05, 0.1) is 12.0 Å². The molecule has 2 heterocycles. The minimum Gasteiger partial charge on any atom is -0.496 e. The number of sulfonamides is 1. The maximum atomic E-state index is 13.3. The van der Waals surface area contributed by atoms with Gasteiger partial charge < -0.3 is 10.1 Å². The predicted octanol–water partition coefficient (Wildman–Crippen LogP) is 1.94. The summed E-state index contributed by atoms with van der Waals surface area (Å²) in [6.07, 6.45) is 0.896. The zero-order valence-electron chi connectivity index (χ0n) is 15.4. The molecule has 148 valence electrons. The average molecular weight is 412 g/mol. The Morgan fingerprint density at radius 3 is 2.44 bits per heavy atom. The summed E-state index contributed by atoms with van der Waals surface area (Å²) in [5, 5.41) is 4.90. The number of hydrogen-bond donors (Lipinski definition) is 1. The number of hydrogen-bond acceptors (Lipinski definition) is 5. The van der Waals surface area contributed by atoms with Gasteiger partial charge in [-0.25, -0.2) is 8.42 Å². The van der Waals surface area contributed by atoms with Crippen LogP contribution in [0.1, 0.15) is 6.42 Å². The van der Waals surface area contributed by atoms with Crippen LogP contribution in [0.15, 0.2) is 41.3 Å². The minimum absolute atomic E-state index is 0. The Balaban J connectivity index is 0.00000210. The van der Waals surface area contributed by atoms with Crippen LogP contribution in [-0.2, 0) is 10.0 Å². The highest BCUT2D eigenvalue weighted by atomic mass is 35.5. The van der Waals surface area contributed by atoms with Crippen LogP contribution in [0, 0.1) is 0 Å². The molecule has 0 spiro atoms. The van der Waals surface area contributed by atoms with E-state index in [4.69, 9.17) is 4.74 Å². The molecular formula is C19H26ClN3O3S. The van der Waals surface area contributed by atoms with Crippen LogP contribution in [0.3, 0.4) is 0 Å². The largest absolute Gasteiger partial charge is 0.496 e. The van der Waals surface area contributed by atoms with E-state index in [1.807, 2.05) is 24.3 Å². The topological polar surface area (TPSA) is 61.9 Å². The molecule has 6 nitrogen and oxygen atoms in total. The summed E-state index contributed by atoms with van der Waals surface area (Å²) < 4.78 is 33.7. The number of nitrogens with one attached hydrogen (secondary N) is 1. The molecular weight excluding hydrogens is 386 g/mol. The number of nitrogens with zero attached hydrogens (tertiary/aromatic N) is 2. The van der Waals surface area contributed by atoms with E-state index in [9.17, 15) is 8.42 Å². The van der Waals surface area contributed by atoms with Gasteiger partial charge in [-0.05, 0) is 18.6 Å². The first kappa shape index (κ1) is 20.4. The number of methoxy groups -OCH3 is 1. The number of piperazine rings is 1. The fourth-order valence-corrected chi connectivity index (χ4v) is 5.75. The van der Waals surface area contributed by atoms with E-state index in [-0.39, 0.29) is 12.4 Å². The van der Waals surface area contributed by atoms with Crippen molar-refractivity contribution in [3.05, 3.63) is 36.4 Å². The molecule has 0 aromatic heterocycles. The maximum Gasteiger partial charge on any atom is 0.243 e. The monoisotopic (exact) mass is 411 g/mol. The molecule has 2 saturated heterocycles. The molecule has 2 aromatic carbocycles. The summed E-state index contributed by atoms with van der Waals surface area (Å²) in [5.74, 6) is 0.694. The average Bonchev–Trinajstić information content (AvgIpc) is 3.19. The lowest BCUT2D eigenvalue weighted by Crippen LogP contribution is -2.49. The number of rotatable bonds is 4. The van der Waals surface area contributed by atoms with Gasteiger partial charge in [0, 0.05) is 56.1 Å². The molecule has 0 bridgehead atoms. The smallest absolute Gasteiger partial charge is 0.243 e. The normalized spacial score (nSPS) is 21.9. The molecule has 0 aliphatic carbocycles. The highest BCUT2D eigenvalue weighted by Gasteiger charge is 2.36. The lowest BCUT2D eigenvalue weighted by Gasteiger charge is -2.32. The molecule has 2 aliphatic heterocycles. The van der Waals surface area contributed by atoms with E-state index < -0.39 is 10.0 Å². The predicted molar refractivity (Wildman–Crippen MR) is 109 cm³/mol. The second-order valence-corrected chi connectivity index (χ2v) is 8.81. The molecule has 2 aliphatic rings. The number of fused-ring (bicyclic) bond motifs is 1. The van der Waals surface area contributed by atoms with E-state index >= 15 is 0 Å². The highest BCUT2D eigenvalue weighted by Crippen LogP contribution is 2.33. The van der Waals surface area contributed by atoms with Crippen LogP contribution in [0.4, 0.5) is 0 Å². The lowest BCUT2D eigenvalue weighted by atomic mass is 10.1. The summed E-state index contributed by atoms with van der Waals surface area (Å²) in [6.45, 7) is 5.09. The molecule has 2 fully saturated rings. The summed E-state index contributed by atoms with van der Waals surface area (Å²) in [4.78, 5) is 2.79. The Morgan fingerprint density at radius 2 is 1.74 bits per heavy atom. The summed E-state index contributed by atoms with van der Waals surface area (Å²) in [6, 6.07) is 11.3. The minimum atomic E-state index is -3.53. The zero-order chi connectivity index (χ0) is 18.1. The van der Waals surface area contributed by atoms with Crippen molar-refractivity contribution in [2.45, 2.75) is 17.4 Å². The van der Waals surface area contributed by atoms with Gasteiger partial charge in [-0.3, -0.25) is 4.90 Å². The first-order valence-corrected chi connectivity index (χ1v) is 10.6. The molecule has 1 atom stereocenters. The van der Waals surface area contributed by atoms with Gasteiger partial charge in [0.15, 0.2) is 0 Å². The van der Waals surface area contributed by atoms with Crippen LogP contribution in [0.25, 0.3) is 10.8 Å². The molecule has 0 radical (unpaired) electrons. The van der Waals surface area contributed by atoms with Gasteiger partial charge in [0.25, 0.3) is 0 Å². The van der Waals surface area contributed by atoms with Gasteiger partial charge in [-0.15, -0.1) is 12.4 Å². The first-order chi connectivity index (χ1) is 12.6. The van der Waals surface area contributed by atoms with Crippen molar-refractivity contribution in [2.75, 3.05) is 46.4 Å². The van der Waals surface area contributed by atoms with Crippen molar-refractivity contribution >= 4 is 33.2 Å². The van der Waals surface area contributed by atoms with Gasteiger partial charge in [0.2, 0.25) is 10.0 Å². The zero-order valence-corrected chi connectivity index (χ0v) is 17.1. The molecule has 2 aromatic rings. The van der Waals surface area contributed by atoms with Gasteiger partial charge in [-0.2, -0.15) is 4.31 Å². The van der Waals surface area contributed by atoms with E-state index in [1.165, 1.54) is 0 Å². The van der Waals surface area contributed by atoms with E-state index in [0.717, 1.165) is 43.4 Å². The highest BCUT2D eigenvalue weighted by molar-refractivity contribution is 7.89. The number of ether oxygens (including phenoxy) is 1. The van der Waals surface area contributed by atoms with Crippen molar-refractivity contribution < 1.29 is 13.2 Å². The van der Waals surface area contributed by atoms with Crippen LogP contribution in [0.2, 0.25) is 0 Å². The van der Waals surface area contributed by atoms with Crippen molar-refractivity contribution in [1.82, 2.24) is 14.5 Å². The first-order valence-electron chi connectivity index (χ1n) is 9.12. The molecule has 0 amide bonds. The second kappa shape index (κ2) is 8.32. The van der Waals surface area contributed by atoms with E-state index in [0.29, 0.717) is 29.8 Å². The SMILES string of the molecule is COc1ccc(S(=O)(=O)N2CCC(N3CCNCC3)C2)c2ccccc12.Cl. The Morgan fingerprint density at radius 1 is 1.04 bits per heavy atom. The van der Waals surface area contributed by atoms with Crippen LogP contribution in [0.5, 0.6) is 5.75 Å².